The minimum atomic E-state index is -1.07. The third-order valence-corrected chi connectivity index (χ3v) is 8.07. The van der Waals surface area contributed by atoms with Gasteiger partial charge in [-0.3, -0.25) is 9.59 Å². The second-order valence-electron chi connectivity index (χ2n) is 10.7. The van der Waals surface area contributed by atoms with E-state index >= 15 is 0 Å². The first-order valence-electron chi connectivity index (χ1n) is 13.9. The number of rotatable bonds is 10. The summed E-state index contributed by atoms with van der Waals surface area (Å²) in [7, 11) is 0. The van der Waals surface area contributed by atoms with Crippen LogP contribution in [-0.4, -0.2) is 53.5 Å². The van der Waals surface area contributed by atoms with Gasteiger partial charge >= 0.3 is 0 Å². The molecule has 2 fully saturated rings. The summed E-state index contributed by atoms with van der Waals surface area (Å²) < 4.78 is 19.3. The van der Waals surface area contributed by atoms with Crippen molar-refractivity contribution in [2.24, 2.45) is 0 Å². The topological polar surface area (TPSA) is 78.9 Å². The minimum Gasteiger partial charge on any atom is -0.489 e. The van der Waals surface area contributed by atoms with Crippen LogP contribution in [0, 0.1) is 5.82 Å². The molecular formula is C32H34ClFN2O4. The van der Waals surface area contributed by atoms with Gasteiger partial charge in [0, 0.05) is 12.1 Å². The van der Waals surface area contributed by atoms with Gasteiger partial charge in [-0.15, -0.1) is 0 Å². The van der Waals surface area contributed by atoms with Gasteiger partial charge in [0.2, 0.25) is 5.78 Å². The lowest BCUT2D eigenvalue weighted by atomic mass is 10.00. The van der Waals surface area contributed by atoms with Crippen LogP contribution in [0.15, 0.2) is 66.7 Å². The number of halogens is 2. The van der Waals surface area contributed by atoms with E-state index in [2.05, 4.69) is 10.2 Å². The Morgan fingerprint density at radius 1 is 0.950 bits per heavy atom. The SMILES string of the molecule is O=C(N[C@H](CN1CCCC1)[C@H](O)c1ccc(OC2CCCC2)c(Cl)c1)C(=O)c1ccc(-c2ccc(F)cc2)cc1. The Bertz CT molecular complexity index is 1320. The number of hydrogen-bond acceptors (Lipinski definition) is 5. The Morgan fingerprint density at radius 2 is 1.57 bits per heavy atom. The molecule has 1 saturated carbocycles. The Labute approximate surface area is 239 Å². The van der Waals surface area contributed by atoms with E-state index < -0.39 is 23.8 Å². The molecule has 1 amide bonds. The van der Waals surface area contributed by atoms with Gasteiger partial charge in [-0.2, -0.15) is 0 Å². The molecule has 1 aliphatic carbocycles. The van der Waals surface area contributed by atoms with Gasteiger partial charge < -0.3 is 20.1 Å². The molecule has 3 aromatic rings. The van der Waals surface area contributed by atoms with Crippen molar-refractivity contribution in [1.29, 1.82) is 0 Å². The molecule has 1 saturated heterocycles. The zero-order valence-electron chi connectivity index (χ0n) is 22.3. The molecule has 5 rings (SSSR count). The predicted molar refractivity (Wildman–Crippen MR) is 153 cm³/mol. The monoisotopic (exact) mass is 564 g/mol. The van der Waals surface area contributed by atoms with Crippen molar-refractivity contribution in [3.8, 4) is 16.9 Å². The summed E-state index contributed by atoms with van der Waals surface area (Å²) in [6, 6.07) is 17.1. The van der Waals surface area contributed by atoms with E-state index in [1.54, 1.807) is 54.6 Å². The Morgan fingerprint density at radius 3 is 2.20 bits per heavy atom. The molecule has 2 aliphatic rings. The van der Waals surface area contributed by atoms with E-state index in [1.807, 2.05) is 0 Å². The van der Waals surface area contributed by atoms with E-state index in [-0.39, 0.29) is 17.5 Å². The maximum Gasteiger partial charge on any atom is 0.292 e. The fourth-order valence-corrected chi connectivity index (χ4v) is 5.74. The van der Waals surface area contributed by atoms with E-state index in [0.29, 0.717) is 22.9 Å². The molecule has 0 bridgehead atoms. The van der Waals surface area contributed by atoms with Crippen molar-refractivity contribution >= 4 is 23.3 Å². The van der Waals surface area contributed by atoms with Gasteiger partial charge in [-0.1, -0.05) is 54.1 Å². The molecule has 8 heteroatoms. The number of hydrogen-bond donors (Lipinski definition) is 2. The smallest absolute Gasteiger partial charge is 0.292 e. The van der Waals surface area contributed by atoms with Crippen LogP contribution in [0.1, 0.15) is 60.6 Å². The fourth-order valence-electron chi connectivity index (χ4n) is 5.50. The Hall–Kier alpha value is -3.26. The molecule has 210 valence electrons. The van der Waals surface area contributed by atoms with Gasteiger partial charge in [0.25, 0.3) is 5.91 Å². The van der Waals surface area contributed by atoms with Crippen molar-refractivity contribution < 1.29 is 23.8 Å². The number of likely N-dealkylation sites (tertiary alicyclic amines) is 1. The Balaban J connectivity index is 1.29. The molecule has 2 N–H and O–H groups in total. The van der Waals surface area contributed by atoms with Crippen molar-refractivity contribution in [2.45, 2.75) is 56.8 Å². The molecule has 6 nitrogen and oxygen atoms in total. The van der Waals surface area contributed by atoms with E-state index in [0.717, 1.165) is 62.7 Å². The molecule has 3 aromatic carbocycles. The third-order valence-electron chi connectivity index (χ3n) is 7.78. The van der Waals surface area contributed by atoms with Gasteiger partial charge in [0.1, 0.15) is 17.7 Å². The number of amides is 1. The molecule has 0 aromatic heterocycles. The molecule has 1 heterocycles. The fraction of sp³-hybridized carbons (Fsp3) is 0.375. The normalized spacial score (nSPS) is 17.5. The first kappa shape index (κ1) is 28.3. The number of nitrogens with zero attached hydrogens (tertiary/aromatic N) is 1. The highest BCUT2D eigenvalue weighted by molar-refractivity contribution is 6.42. The number of Topliss-reactive ketones (excluding diaryl/α,β-unsaturated/α-hetero) is 1. The van der Waals surface area contributed by atoms with Crippen LogP contribution in [0.25, 0.3) is 11.1 Å². The van der Waals surface area contributed by atoms with Crippen molar-refractivity contribution in [2.75, 3.05) is 19.6 Å². The van der Waals surface area contributed by atoms with E-state index in [1.165, 1.54) is 12.1 Å². The van der Waals surface area contributed by atoms with Crippen LogP contribution in [0.3, 0.4) is 0 Å². The van der Waals surface area contributed by atoms with Gasteiger partial charge in [-0.05, 0) is 92.6 Å². The average Bonchev–Trinajstić information content (AvgIpc) is 3.68. The number of aliphatic hydroxyl groups excluding tert-OH is 1. The predicted octanol–water partition coefficient (Wildman–Crippen LogP) is 5.96. The number of ketones is 1. The number of benzene rings is 3. The molecule has 40 heavy (non-hydrogen) atoms. The van der Waals surface area contributed by atoms with Crippen molar-refractivity contribution in [3.05, 3.63) is 88.7 Å². The second kappa shape index (κ2) is 12.9. The van der Waals surface area contributed by atoms with Crippen LogP contribution in [0.4, 0.5) is 4.39 Å². The summed E-state index contributed by atoms with van der Waals surface area (Å²) in [4.78, 5) is 28.3. The van der Waals surface area contributed by atoms with Crippen molar-refractivity contribution in [3.63, 3.8) is 0 Å². The van der Waals surface area contributed by atoms with Gasteiger partial charge in [0.15, 0.2) is 0 Å². The molecule has 1 aliphatic heterocycles. The lowest BCUT2D eigenvalue weighted by Gasteiger charge is -2.29. The summed E-state index contributed by atoms with van der Waals surface area (Å²) in [6.07, 6.45) is 5.50. The standard InChI is InChI=1S/C32H34ClFN2O4/c33-27-19-24(13-16-29(27)40-26-5-1-2-6-26)30(37)28(20-36-17-3-4-18-36)35-32(39)31(38)23-9-7-21(8-10-23)22-11-14-25(34)15-12-22/h7-16,19,26,28,30,37H,1-6,17-18,20H2,(H,35,39)/t28-,30-/m1/s1. The van der Waals surface area contributed by atoms with Crippen LogP contribution in [-0.2, 0) is 4.79 Å². The first-order chi connectivity index (χ1) is 19.4. The zero-order valence-corrected chi connectivity index (χ0v) is 23.1. The summed E-state index contributed by atoms with van der Waals surface area (Å²) in [5, 5.41) is 14.5. The van der Waals surface area contributed by atoms with Crippen LogP contribution < -0.4 is 10.1 Å². The summed E-state index contributed by atoms with van der Waals surface area (Å²) in [6.45, 7) is 2.14. The maximum atomic E-state index is 13.2. The zero-order chi connectivity index (χ0) is 28.1. The highest BCUT2D eigenvalue weighted by atomic mass is 35.5. The summed E-state index contributed by atoms with van der Waals surface area (Å²) in [5.74, 6) is -1.22. The third kappa shape index (κ3) is 6.89. The van der Waals surface area contributed by atoms with E-state index in [9.17, 15) is 19.1 Å². The number of aliphatic hydroxyl groups is 1. The van der Waals surface area contributed by atoms with Crippen LogP contribution >= 0.6 is 11.6 Å². The molecule has 0 spiro atoms. The largest absolute Gasteiger partial charge is 0.489 e. The average molecular weight is 565 g/mol. The number of nitrogens with one attached hydrogen (secondary N) is 1. The lowest BCUT2D eigenvalue weighted by Crippen LogP contribution is -2.48. The molecular weight excluding hydrogens is 531 g/mol. The molecule has 0 unspecified atom stereocenters. The minimum absolute atomic E-state index is 0.159. The van der Waals surface area contributed by atoms with E-state index in [4.69, 9.17) is 16.3 Å². The quantitative estimate of drug-likeness (QED) is 0.234. The number of ether oxygens (including phenoxy) is 1. The van der Waals surface area contributed by atoms with Gasteiger partial charge in [0.05, 0.1) is 17.2 Å². The van der Waals surface area contributed by atoms with Gasteiger partial charge in [-0.25, -0.2) is 4.39 Å². The Kier molecular flexibility index (Phi) is 9.15. The van der Waals surface area contributed by atoms with Crippen molar-refractivity contribution in [1.82, 2.24) is 10.2 Å². The highest BCUT2D eigenvalue weighted by Gasteiger charge is 2.30. The second-order valence-corrected chi connectivity index (χ2v) is 11.1. The lowest BCUT2D eigenvalue weighted by molar-refractivity contribution is -0.118. The number of carbonyl (C=O) groups excluding carboxylic acids is 2. The maximum absolute atomic E-state index is 13.2. The van der Waals surface area contributed by atoms with Crippen LogP contribution in [0.2, 0.25) is 5.02 Å². The summed E-state index contributed by atoms with van der Waals surface area (Å²) >= 11 is 6.52. The number of carbonyl (C=O) groups is 2. The summed E-state index contributed by atoms with van der Waals surface area (Å²) in [5.41, 5.74) is 2.38. The van der Waals surface area contributed by atoms with Crippen LogP contribution in [0.5, 0.6) is 5.75 Å². The molecule has 2 atom stereocenters. The molecule has 0 radical (unpaired) electrons. The first-order valence-corrected chi connectivity index (χ1v) is 14.3. The highest BCUT2D eigenvalue weighted by Crippen LogP contribution is 2.33.